The Balaban J connectivity index is 1.89. The molecule has 0 saturated heterocycles. The van der Waals surface area contributed by atoms with Crippen molar-refractivity contribution in [3.05, 3.63) is 104 Å². The van der Waals surface area contributed by atoms with Crippen LogP contribution in [-0.2, 0) is 0 Å². The highest BCUT2D eigenvalue weighted by Crippen LogP contribution is 2.24. The van der Waals surface area contributed by atoms with Gasteiger partial charge in [-0.2, -0.15) is 5.10 Å². The lowest BCUT2D eigenvalue weighted by Gasteiger charge is -2.03. The van der Waals surface area contributed by atoms with Crippen molar-refractivity contribution in [3.63, 3.8) is 0 Å². The largest absolute Gasteiger partial charge is 0.496 e. The van der Waals surface area contributed by atoms with E-state index in [0.717, 1.165) is 11.3 Å². The van der Waals surface area contributed by atoms with E-state index in [4.69, 9.17) is 4.74 Å². The van der Waals surface area contributed by atoms with Gasteiger partial charge in [0.05, 0.1) is 23.4 Å². The first-order valence-electron chi connectivity index (χ1n) is 9.16. The zero-order valence-corrected chi connectivity index (χ0v) is 16.1. The summed E-state index contributed by atoms with van der Waals surface area (Å²) < 4.78 is 6.90. The van der Waals surface area contributed by atoms with Crippen molar-refractivity contribution in [2.24, 2.45) is 0 Å². The Labute approximate surface area is 171 Å². The lowest BCUT2D eigenvalue weighted by molar-refractivity contribution is -0.384. The Morgan fingerprint density at radius 3 is 2.40 bits per heavy atom. The van der Waals surface area contributed by atoms with Gasteiger partial charge in [0, 0.05) is 23.1 Å². The molecule has 1 aromatic heterocycles. The van der Waals surface area contributed by atoms with E-state index in [2.05, 4.69) is 5.10 Å². The zero-order valence-electron chi connectivity index (χ0n) is 16.1. The molecule has 3 aromatic carbocycles. The molecule has 0 N–H and O–H groups in total. The van der Waals surface area contributed by atoms with E-state index in [9.17, 15) is 14.9 Å². The number of fused-ring (bicyclic) bond motifs is 1. The quantitative estimate of drug-likeness (QED) is 0.365. The number of rotatable bonds is 5. The highest BCUT2D eigenvalue weighted by molar-refractivity contribution is 5.90. The smallest absolute Gasteiger partial charge is 0.269 e. The van der Waals surface area contributed by atoms with Gasteiger partial charge < -0.3 is 4.74 Å². The number of ether oxygens (including phenoxy) is 1. The van der Waals surface area contributed by atoms with Crippen molar-refractivity contribution in [2.45, 2.75) is 0 Å². The van der Waals surface area contributed by atoms with Gasteiger partial charge in [0.1, 0.15) is 11.3 Å². The normalized spacial score (nSPS) is 11.1. The number of para-hydroxylation sites is 1. The van der Waals surface area contributed by atoms with Gasteiger partial charge in [-0.05, 0) is 36.4 Å². The first-order valence-corrected chi connectivity index (χ1v) is 9.16. The van der Waals surface area contributed by atoms with Crippen LogP contribution in [0.1, 0.15) is 11.3 Å². The molecule has 0 atom stereocenters. The molecule has 0 radical (unpaired) electrons. The predicted molar refractivity (Wildman–Crippen MR) is 116 cm³/mol. The molecule has 4 rings (SSSR count). The maximum absolute atomic E-state index is 12.7. The minimum atomic E-state index is -0.467. The summed E-state index contributed by atoms with van der Waals surface area (Å²) in [4.78, 5) is 23.2. The molecule has 4 aromatic rings. The van der Waals surface area contributed by atoms with Crippen LogP contribution in [0.5, 0.6) is 5.75 Å². The van der Waals surface area contributed by atoms with Crippen LogP contribution in [0.4, 0.5) is 5.69 Å². The number of nitro benzene ring substituents is 1. The summed E-state index contributed by atoms with van der Waals surface area (Å²) >= 11 is 0. The van der Waals surface area contributed by atoms with Crippen LogP contribution < -0.4 is 10.2 Å². The predicted octanol–water partition coefficient (Wildman–Crippen LogP) is 4.47. The van der Waals surface area contributed by atoms with Crippen molar-refractivity contribution >= 4 is 28.7 Å². The van der Waals surface area contributed by atoms with Crippen LogP contribution in [0, 0.1) is 10.1 Å². The molecule has 0 amide bonds. The number of methoxy groups -OCH3 is 1. The van der Waals surface area contributed by atoms with Gasteiger partial charge in [-0.25, -0.2) is 4.68 Å². The van der Waals surface area contributed by atoms with Crippen LogP contribution in [0.3, 0.4) is 0 Å². The van der Waals surface area contributed by atoms with Crippen molar-refractivity contribution < 1.29 is 9.66 Å². The summed E-state index contributed by atoms with van der Waals surface area (Å²) in [5, 5.41) is 16.2. The average Bonchev–Trinajstić information content (AvgIpc) is 3.02. The van der Waals surface area contributed by atoms with E-state index in [1.165, 1.54) is 22.9 Å². The van der Waals surface area contributed by atoms with Crippen molar-refractivity contribution in [1.82, 2.24) is 9.78 Å². The molecule has 7 nitrogen and oxygen atoms in total. The summed E-state index contributed by atoms with van der Waals surface area (Å²) in [6.45, 7) is 0. The molecule has 0 aliphatic carbocycles. The second kappa shape index (κ2) is 8.00. The second-order valence-electron chi connectivity index (χ2n) is 6.49. The summed E-state index contributed by atoms with van der Waals surface area (Å²) in [5.74, 6) is 0.725. The van der Waals surface area contributed by atoms with Gasteiger partial charge in [-0.3, -0.25) is 14.9 Å². The molecule has 0 spiro atoms. The maximum Gasteiger partial charge on any atom is 0.269 e. The second-order valence-corrected chi connectivity index (χ2v) is 6.49. The van der Waals surface area contributed by atoms with Crippen LogP contribution in [0.2, 0.25) is 0 Å². The number of hydrogen-bond acceptors (Lipinski definition) is 5. The first-order chi connectivity index (χ1) is 14.6. The molecule has 0 bridgehead atoms. The molecule has 1 heterocycles. The molecule has 0 unspecified atom stereocenters. The van der Waals surface area contributed by atoms with Crippen molar-refractivity contribution in [3.8, 4) is 11.4 Å². The Morgan fingerprint density at radius 2 is 1.67 bits per heavy atom. The molecule has 0 saturated carbocycles. The van der Waals surface area contributed by atoms with Gasteiger partial charge in [-0.1, -0.05) is 36.4 Å². The number of aromatic nitrogens is 2. The minimum Gasteiger partial charge on any atom is -0.496 e. The van der Waals surface area contributed by atoms with Gasteiger partial charge >= 0.3 is 0 Å². The van der Waals surface area contributed by atoms with Gasteiger partial charge in [0.15, 0.2) is 0 Å². The monoisotopic (exact) mass is 399 g/mol. The van der Waals surface area contributed by atoms with E-state index >= 15 is 0 Å². The van der Waals surface area contributed by atoms with Gasteiger partial charge in [-0.15, -0.1) is 0 Å². The Bertz CT molecular complexity index is 1320. The number of benzene rings is 2. The van der Waals surface area contributed by atoms with E-state index < -0.39 is 4.92 Å². The van der Waals surface area contributed by atoms with Gasteiger partial charge in [0.2, 0.25) is 5.43 Å². The summed E-state index contributed by atoms with van der Waals surface area (Å²) in [5.41, 5.74) is 2.21. The molecule has 148 valence electrons. The number of hydrogen-bond donors (Lipinski definition) is 0. The van der Waals surface area contributed by atoms with E-state index in [-0.39, 0.29) is 11.1 Å². The zero-order chi connectivity index (χ0) is 21.1. The Hall–Kier alpha value is -4.26. The third-order valence-corrected chi connectivity index (χ3v) is 4.67. The number of nitro groups is 1. The summed E-state index contributed by atoms with van der Waals surface area (Å²) in [6.07, 6.45) is 3.69. The lowest BCUT2D eigenvalue weighted by Crippen LogP contribution is -2.05. The summed E-state index contributed by atoms with van der Waals surface area (Å²) in [6, 6.07) is 20.3. The van der Waals surface area contributed by atoms with Crippen LogP contribution in [-0.4, -0.2) is 21.8 Å². The third-order valence-electron chi connectivity index (χ3n) is 4.67. The molecular weight excluding hydrogens is 382 g/mol. The topological polar surface area (TPSA) is 87.3 Å². The Kier molecular flexibility index (Phi) is 5.09. The van der Waals surface area contributed by atoms with Crippen molar-refractivity contribution in [1.29, 1.82) is 0 Å². The molecule has 0 aliphatic heterocycles. The highest BCUT2D eigenvalue weighted by atomic mass is 16.6. The molecular formula is C23H17N3O4. The maximum atomic E-state index is 12.7. The molecule has 0 fully saturated rings. The third kappa shape index (κ3) is 3.56. The van der Waals surface area contributed by atoms with E-state index in [0.29, 0.717) is 22.3 Å². The van der Waals surface area contributed by atoms with E-state index in [1.807, 2.05) is 42.5 Å². The fourth-order valence-corrected chi connectivity index (χ4v) is 3.22. The molecule has 0 aliphatic rings. The molecule has 30 heavy (non-hydrogen) atoms. The lowest BCUT2D eigenvalue weighted by atomic mass is 10.1. The first kappa shape index (κ1) is 19.1. The highest BCUT2D eigenvalue weighted by Gasteiger charge is 2.13. The van der Waals surface area contributed by atoms with Crippen LogP contribution in [0.15, 0.2) is 77.6 Å². The van der Waals surface area contributed by atoms with Gasteiger partial charge in [0.25, 0.3) is 5.69 Å². The summed E-state index contributed by atoms with van der Waals surface area (Å²) in [7, 11) is 1.61. The van der Waals surface area contributed by atoms with Crippen LogP contribution in [0.25, 0.3) is 28.7 Å². The number of nitrogens with zero attached hydrogens (tertiary/aromatic N) is 3. The standard InChI is InChI=1S/C23H17N3O4/c1-30-22-9-5-2-6-16(22)10-15-20-19-7-3-4-8-21(27)23(19)25(24-20)17-11-13-18(14-12-17)26(28)29/h2-15H,1H3. The fraction of sp³-hybridized carbons (Fsp3) is 0.0435. The Morgan fingerprint density at radius 1 is 0.967 bits per heavy atom. The van der Waals surface area contributed by atoms with E-state index in [1.54, 1.807) is 31.4 Å². The minimum absolute atomic E-state index is 0.0283. The fourth-order valence-electron chi connectivity index (χ4n) is 3.22. The van der Waals surface area contributed by atoms with Crippen molar-refractivity contribution in [2.75, 3.05) is 7.11 Å². The van der Waals surface area contributed by atoms with Crippen LogP contribution >= 0.6 is 0 Å². The molecule has 7 heteroatoms. The average molecular weight is 399 g/mol. The SMILES string of the molecule is COc1ccccc1C=Cc1nn(-c2ccc([N+](=O)[O-])cc2)c2c(=O)ccccc12. The number of non-ortho nitro benzene ring substituents is 1.